The Bertz CT molecular complexity index is 1590. The summed E-state index contributed by atoms with van der Waals surface area (Å²) in [4.78, 5) is 33.7. The fourth-order valence-electron chi connectivity index (χ4n) is 5.11. The molecule has 3 heterocycles. The Labute approximate surface area is 220 Å². The van der Waals surface area contributed by atoms with Gasteiger partial charge in [-0.25, -0.2) is 9.97 Å². The van der Waals surface area contributed by atoms with Gasteiger partial charge >= 0.3 is 0 Å². The second-order valence-corrected chi connectivity index (χ2v) is 10.7. The molecule has 3 aromatic heterocycles. The molecule has 9 nitrogen and oxygen atoms in total. The van der Waals surface area contributed by atoms with Gasteiger partial charge in [-0.15, -0.1) is 0 Å². The number of rotatable bonds is 8. The zero-order chi connectivity index (χ0) is 26.4. The van der Waals surface area contributed by atoms with E-state index in [9.17, 15) is 9.59 Å². The minimum atomic E-state index is -0.196. The number of aryl methyl sites for hydroxylation is 1. The number of ether oxygens (including phenoxy) is 1. The number of carbonyl (C=O) groups excluding carboxylic acids is 1. The van der Waals surface area contributed by atoms with Crippen molar-refractivity contribution in [1.29, 1.82) is 0 Å². The number of anilines is 3. The first-order valence-electron chi connectivity index (χ1n) is 13.2. The van der Waals surface area contributed by atoms with Gasteiger partial charge < -0.3 is 24.5 Å². The Morgan fingerprint density at radius 3 is 2.63 bits per heavy atom. The minimum Gasteiger partial charge on any atom is -0.457 e. The molecule has 196 valence electrons. The van der Waals surface area contributed by atoms with Crippen molar-refractivity contribution in [3.63, 3.8) is 0 Å². The Balaban J connectivity index is 1.27. The Kier molecular flexibility index (Phi) is 6.13. The molecule has 6 rings (SSSR count). The van der Waals surface area contributed by atoms with Crippen LogP contribution in [0.1, 0.15) is 51.0 Å². The van der Waals surface area contributed by atoms with Gasteiger partial charge in [0.25, 0.3) is 5.56 Å². The summed E-state index contributed by atoms with van der Waals surface area (Å²) in [7, 11) is 1.92. The monoisotopic (exact) mass is 512 g/mol. The molecule has 38 heavy (non-hydrogen) atoms. The van der Waals surface area contributed by atoms with Crippen molar-refractivity contribution in [3.8, 4) is 11.5 Å². The van der Waals surface area contributed by atoms with E-state index in [1.54, 1.807) is 18.3 Å². The molecule has 4 aromatic rings. The van der Waals surface area contributed by atoms with E-state index in [4.69, 9.17) is 9.72 Å². The van der Waals surface area contributed by atoms with Crippen LogP contribution in [0.2, 0.25) is 0 Å². The maximum atomic E-state index is 13.4. The zero-order valence-corrected chi connectivity index (χ0v) is 21.9. The van der Waals surface area contributed by atoms with Crippen LogP contribution in [-0.2, 0) is 18.4 Å². The third-order valence-corrected chi connectivity index (χ3v) is 7.75. The number of imidazole rings is 1. The van der Waals surface area contributed by atoms with Crippen LogP contribution in [0.15, 0.2) is 53.6 Å². The molecule has 0 bridgehead atoms. The highest BCUT2D eigenvalue weighted by atomic mass is 16.5. The number of benzene rings is 1. The van der Waals surface area contributed by atoms with Gasteiger partial charge in [0.2, 0.25) is 11.9 Å². The van der Waals surface area contributed by atoms with Crippen LogP contribution < -0.4 is 20.9 Å². The average Bonchev–Trinajstić information content (AvgIpc) is 3.69. The van der Waals surface area contributed by atoms with Gasteiger partial charge in [0, 0.05) is 45.0 Å². The fraction of sp³-hybridized carbons (Fsp3) is 0.379. The van der Waals surface area contributed by atoms with Crippen molar-refractivity contribution >= 4 is 34.4 Å². The Hall–Kier alpha value is -4.14. The van der Waals surface area contributed by atoms with E-state index >= 15 is 0 Å². The summed E-state index contributed by atoms with van der Waals surface area (Å²) in [5.74, 6) is 3.79. The van der Waals surface area contributed by atoms with E-state index in [0.29, 0.717) is 46.7 Å². The number of carbonyl (C=O) groups is 1. The molecule has 0 aliphatic heterocycles. The predicted octanol–water partition coefficient (Wildman–Crippen LogP) is 5.55. The first-order valence-corrected chi connectivity index (χ1v) is 13.2. The molecule has 2 N–H and O–H groups in total. The number of pyridine rings is 2. The summed E-state index contributed by atoms with van der Waals surface area (Å²) in [5.41, 5.74) is 3.45. The molecule has 2 fully saturated rings. The Morgan fingerprint density at radius 1 is 1.11 bits per heavy atom. The van der Waals surface area contributed by atoms with Crippen LogP contribution in [0, 0.1) is 11.8 Å². The maximum Gasteiger partial charge on any atom is 0.274 e. The molecule has 2 aliphatic rings. The number of nitrogens with one attached hydrogen (secondary N) is 2. The lowest BCUT2D eigenvalue weighted by atomic mass is 9.75. The van der Waals surface area contributed by atoms with Gasteiger partial charge in [0.1, 0.15) is 23.0 Å². The highest BCUT2D eigenvalue weighted by Crippen LogP contribution is 2.41. The fourth-order valence-corrected chi connectivity index (χ4v) is 5.11. The third-order valence-electron chi connectivity index (χ3n) is 7.75. The molecular formula is C29H32N6O3. The second kappa shape index (κ2) is 9.63. The summed E-state index contributed by atoms with van der Waals surface area (Å²) < 4.78 is 9.87. The van der Waals surface area contributed by atoms with E-state index in [1.807, 2.05) is 40.4 Å². The molecule has 2 atom stereocenters. The van der Waals surface area contributed by atoms with Gasteiger partial charge in [-0.3, -0.25) is 9.59 Å². The summed E-state index contributed by atoms with van der Waals surface area (Å²) in [5, 5.41) is 6.00. The molecule has 9 heteroatoms. The lowest BCUT2D eigenvalue weighted by Gasteiger charge is -2.34. The quantitative estimate of drug-likeness (QED) is 0.321. The molecular weight excluding hydrogens is 480 g/mol. The van der Waals surface area contributed by atoms with Crippen LogP contribution >= 0.6 is 0 Å². The standard InChI is InChI=1S/C29H32N6O3/c1-17-4-5-20(17)15-35-16-21(19-6-7-19)12-25(28(35)37)33-29-32-24-9-8-22(13-26(24)34(29)3)38-23-10-11-30-27(14-23)31-18(2)36/h8-14,16-17,19-20H,4-7,15H2,1-3H3,(H,32,33)(H,30,31,36)/t17-,20-/m1/s1. The SMILES string of the molecule is CC(=O)Nc1cc(Oc2ccc3nc(Nc4cc(C5CC5)cn(C[C@H]5CC[C@H]5C)c4=O)n(C)c3c2)ccn1. The van der Waals surface area contributed by atoms with Gasteiger partial charge in [-0.1, -0.05) is 13.3 Å². The highest BCUT2D eigenvalue weighted by molar-refractivity contribution is 5.87. The zero-order valence-electron chi connectivity index (χ0n) is 21.9. The summed E-state index contributed by atoms with van der Waals surface area (Å²) in [6.45, 7) is 4.48. The Morgan fingerprint density at radius 2 is 1.92 bits per heavy atom. The topological polar surface area (TPSA) is 103 Å². The highest BCUT2D eigenvalue weighted by Gasteiger charge is 2.29. The summed E-state index contributed by atoms with van der Waals surface area (Å²) >= 11 is 0. The van der Waals surface area contributed by atoms with Gasteiger partial charge in [0.05, 0.1) is 11.0 Å². The first-order chi connectivity index (χ1) is 18.3. The molecule has 2 aliphatic carbocycles. The normalized spacial score (nSPS) is 18.7. The van der Waals surface area contributed by atoms with Gasteiger partial charge in [-0.05, 0) is 66.8 Å². The van der Waals surface area contributed by atoms with E-state index in [-0.39, 0.29) is 11.5 Å². The van der Waals surface area contributed by atoms with Crippen LogP contribution in [0.5, 0.6) is 11.5 Å². The minimum absolute atomic E-state index is 0.00256. The number of aromatic nitrogens is 4. The van der Waals surface area contributed by atoms with Gasteiger partial charge in [0.15, 0.2) is 0 Å². The summed E-state index contributed by atoms with van der Waals surface area (Å²) in [6.07, 6.45) is 8.44. The van der Waals surface area contributed by atoms with E-state index in [1.165, 1.54) is 38.2 Å². The lowest BCUT2D eigenvalue weighted by molar-refractivity contribution is -0.114. The van der Waals surface area contributed by atoms with Gasteiger partial charge in [-0.2, -0.15) is 0 Å². The molecule has 1 aromatic carbocycles. The molecule has 0 radical (unpaired) electrons. The number of fused-ring (bicyclic) bond motifs is 1. The van der Waals surface area contributed by atoms with Crippen molar-refractivity contribution in [2.45, 2.75) is 52.0 Å². The molecule has 0 spiro atoms. The molecule has 1 amide bonds. The van der Waals surface area contributed by atoms with Crippen molar-refractivity contribution in [3.05, 3.63) is 64.7 Å². The number of hydrogen-bond acceptors (Lipinski definition) is 6. The molecule has 0 saturated heterocycles. The van der Waals surface area contributed by atoms with Crippen LogP contribution in [0.4, 0.5) is 17.5 Å². The third kappa shape index (κ3) is 4.88. The first kappa shape index (κ1) is 24.2. The predicted molar refractivity (Wildman–Crippen MR) is 147 cm³/mol. The van der Waals surface area contributed by atoms with Crippen molar-refractivity contribution < 1.29 is 9.53 Å². The van der Waals surface area contributed by atoms with Crippen LogP contribution in [-0.4, -0.2) is 25.0 Å². The van der Waals surface area contributed by atoms with Crippen molar-refractivity contribution in [1.82, 2.24) is 19.1 Å². The second-order valence-electron chi connectivity index (χ2n) is 10.7. The van der Waals surface area contributed by atoms with E-state index < -0.39 is 0 Å². The largest absolute Gasteiger partial charge is 0.457 e. The number of amides is 1. The molecule has 2 saturated carbocycles. The smallest absolute Gasteiger partial charge is 0.274 e. The van der Waals surface area contributed by atoms with Crippen LogP contribution in [0.3, 0.4) is 0 Å². The van der Waals surface area contributed by atoms with Crippen LogP contribution in [0.25, 0.3) is 11.0 Å². The lowest BCUT2D eigenvalue weighted by Crippen LogP contribution is -2.33. The van der Waals surface area contributed by atoms with E-state index in [2.05, 4.69) is 28.7 Å². The average molecular weight is 513 g/mol. The van der Waals surface area contributed by atoms with Crippen molar-refractivity contribution in [2.75, 3.05) is 10.6 Å². The maximum absolute atomic E-state index is 13.4. The van der Waals surface area contributed by atoms with E-state index in [0.717, 1.165) is 17.6 Å². The number of nitrogens with zero attached hydrogens (tertiary/aromatic N) is 4. The molecule has 0 unspecified atom stereocenters. The summed E-state index contributed by atoms with van der Waals surface area (Å²) in [6, 6.07) is 11.0. The van der Waals surface area contributed by atoms with Crippen molar-refractivity contribution in [2.24, 2.45) is 18.9 Å². The number of hydrogen-bond donors (Lipinski definition) is 2.